The van der Waals surface area contributed by atoms with Crippen molar-refractivity contribution in [3.8, 4) is 11.3 Å². The molecule has 1 N–H and O–H groups in total. The highest BCUT2D eigenvalue weighted by Gasteiger charge is 2.14. The Hall–Kier alpha value is -3.20. The smallest absolute Gasteiger partial charge is 0.226 e. The third-order valence-corrected chi connectivity index (χ3v) is 4.85. The number of aromatic nitrogens is 2. The van der Waals surface area contributed by atoms with Crippen molar-refractivity contribution >= 4 is 32.6 Å². The first kappa shape index (κ1) is 18.2. The molecule has 0 radical (unpaired) electrons. The maximum absolute atomic E-state index is 13.8. The van der Waals surface area contributed by atoms with Crippen LogP contribution >= 0.6 is 11.3 Å². The number of carbonyl (C=O) groups excluding carboxylic acids is 1. The molecule has 9 heteroatoms. The number of oxazole rings is 1. The number of hydrogen-bond donors (Lipinski definition) is 1. The molecule has 28 heavy (non-hydrogen) atoms. The van der Waals surface area contributed by atoms with Gasteiger partial charge in [0.2, 0.25) is 5.91 Å². The molecule has 2 aromatic carbocycles. The minimum absolute atomic E-state index is 0.0656. The molecule has 142 valence electrons. The van der Waals surface area contributed by atoms with E-state index in [1.165, 1.54) is 35.7 Å². The van der Waals surface area contributed by atoms with Crippen LogP contribution in [0.2, 0.25) is 0 Å². The lowest BCUT2D eigenvalue weighted by atomic mass is 10.2. The topological polar surface area (TPSA) is 68.0 Å². The summed E-state index contributed by atoms with van der Waals surface area (Å²) in [5.41, 5.74) is 0.687. The van der Waals surface area contributed by atoms with Crippen LogP contribution in [0.25, 0.3) is 21.5 Å². The number of carbonyl (C=O) groups is 1. The van der Waals surface area contributed by atoms with E-state index in [2.05, 4.69) is 15.3 Å². The van der Waals surface area contributed by atoms with Gasteiger partial charge in [-0.15, -0.1) is 0 Å². The van der Waals surface area contributed by atoms with E-state index >= 15 is 0 Å². The van der Waals surface area contributed by atoms with Gasteiger partial charge in [-0.25, -0.2) is 23.1 Å². The molecule has 4 aromatic rings. The summed E-state index contributed by atoms with van der Waals surface area (Å²) in [4.78, 5) is 20.3. The Labute approximate surface area is 160 Å². The van der Waals surface area contributed by atoms with Crippen LogP contribution < -0.4 is 5.32 Å². The summed E-state index contributed by atoms with van der Waals surface area (Å²) in [7, 11) is 0. The predicted octanol–water partition coefficient (Wildman–Crippen LogP) is 4.94. The number of thiazole rings is 1. The van der Waals surface area contributed by atoms with Crippen LogP contribution in [-0.4, -0.2) is 15.9 Å². The molecule has 0 saturated heterocycles. The summed E-state index contributed by atoms with van der Waals surface area (Å²) >= 11 is 1.17. The van der Waals surface area contributed by atoms with Crippen LogP contribution in [0.3, 0.4) is 0 Å². The van der Waals surface area contributed by atoms with Crippen LogP contribution in [0.5, 0.6) is 0 Å². The zero-order chi connectivity index (χ0) is 19.7. The van der Waals surface area contributed by atoms with Crippen molar-refractivity contribution in [2.75, 3.05) is 5.32 Å². The van der Waals surface area contributed by atoms with Gasteiger partial charge in [0.05, 0.1) is 22.0 Å². The Bertz CT molecular complexity index is 1170. The highest BCUT2D eigenvalue weighted by atomic mass is 32.1. The largest absolute Gasteiger partial charge is 0.441 e. The van der Waals surface area contributed by atoms with Gasteiger partial charge in [-0.2, -0.15) is 0 Å². The van der Waals surface area contributed by atoms with Gasteiger partial charge in [0.15, 0.2) is 16.8 Å². The van der Waals surface area contributed by atoms with Crippen molar-refractivity contribution in [2.24, 2.45) is 0 Å². The Morgan fingerprint density at radius 2 is 1.89 bits per heavy atom. The molecule has 0 aliphatic carbocycles. The van der Waals surface area contributed by atoms with Gasteiger partial charge in [0.25, 0.3) is 0 Å². The lowest BCUT2D eigenvalue weighted by Crippen LogP contribution is -2.12. The van der Waals surface area contributed by atoms with E-state index in [9.17, 15) is 18.0 Å². The van der Waals surface area contributed by atoms with Crippen molar-refractivity contribution in [1.29, 1.82) is 0 Å². The number of amides is 1. The maximum Gasteiger partial charge on any atom is 0.226 e. The van der Waals surface area contributed by atoms with Crippen LogP contribution in [-0.2, 0) is 11.2 Å². The van der Waals surface area contributed by atoms with Gasteiger partial charge in [0, 0.05) is 18.9 Å². The molecule has 0 aliphatic heterocycles. The molecule has 0 unspecified atom stereocenters. The SMILES string of the molecule is O=C(CCc1ncc(-c2ccc(F)cc2F)o1)Nc1nc2ccc(F)cc2s1. The minimum Gasteiger partial charge on any atom is -0.441 e. The molecule has 0 aliphatic rings. The van der Waals surface area contributed by atoms with Crippen LogP contribution in [0, 0.1) is 17.5 Å². The first-order valence-electron chi connectivity index (χ1n) is 8.24. The van der Waals surface area contributed by atoms with Crippen molar-refractivity contribution in [2.45, 2.75) is 12.8 Å². The van der Waals surface area contributed by atoms with Gasteiger partial charge in [0.1, 0.15) is 17.5 Å². The third kappa shape index (κ3) is 3.89. The van der Waals surface area contributed by atoms with Gasteiger partial charge < -0.3 is 9.73 Å². The highest BCUT2D eigenvalue weighted by molar-refractivity contribution is 7.22. The molecule has 0 fully saturated rings. The molecule has 5 nitrogen and oxygen atoms in total. The molecular formula is C19H12F3N3O2S. The number of nitrogens with zero attached hydrogens (tertiary/aromatic N) is 2. The minimum atomic E-state index is -0.757. The zero-order valence-electron chi connectivity index (χ0n) is 14.2. The average Bonchev–Trinajstić information content (AvgIpc) is 3.26. The van der Waals surface area contributed by atoms with Gasteiger partial charge >= 0.3 is 0 Å². The lowest BCUT2D eigenvalue weighted by molar-refractivity contribution is -0.116. The molecule has 0 saturated carbocycles. The van der Waals surface area contributed by atoms with Crippen molar-refractivity contribution in [3.05, 3.63) is 65.9 Å². The number of hydrogen-bond acceptors (Lipinski definition) is 5. The Morgan fingerprint density at radius 3 is 2.71 bits per heavy atom. The standard InChI is InChI=1S/C19H12F3N3O2S/c20-10-1-3-12(13(22)7-10)15-9-23-18(27-15)6-5-17(26)25-19-24-14-4-2-11(21)8-16(14)28-19/h1-4,7-9H,5-6H2,(H,24,25,26). The maximum atomic E-state index is 13.8. The van der Waals surface area contributed by atoms with Gasteiger partial charge in [-0.1, -0.05) is 11.3 Å². The van der Waals surface area contributed by atoms with Crippen molar-refractivity contribution in [3.63, 3.8) is 0 Å². The number of nitrogens with one attached hydrogen (secondary N) is 1. The van der Waals surface area contributed by atoms with E-state index in [4.69, 9.17) is 4.42 Å². The summed E-state index contributed by atoms with van der Waals surface area (Å²) in [6.45, 7) is 0. The number of halogens is 3. The zero-order valence-corrected chi connectivity index (χ0v) is 15.0. The fourth-order valence-corrected chi connectivity index (χ4v) is 3.50. The second-order valence-corrected chi connectivity index (χ2v) is 6.95. The first-order chi connectivity index (χ1) is 13.5. The number of anilines is 1. The summed E-state index contributed by atoms with van der Waals surface area (Å²) in [5, 5.41) is 3.02. The van der Waals surface area contributed by atoms with Gasteiger partial charge in [-0.3, -0.25) is 4.79 Å². The average molecular weight is 403 g/mol. The van der Waals surface area contributed by atoms with E-state index in [0.717, 1.165) is 12.1 Å². The second kappa shape index (κ2) is 7.43. The van der Waals surface area contributed by atoms with E-state index in [1.807, 2.05) is 0 Å². The Morgan fingerprint density at radius 1 is 1.11 bits per heavy atom. The molecule has 2 heterocycles. The summed E-state index contributed by atoms with van der Waals surface area (Å²) in [5.74, 6) is -1.72. The number of rotatable bonds is 5. The van der Waals surface area contributed by atoms with E-state index in [0.29, 0.717) is 15.3 Å². The molecular weight excluding hydrogens is 391 g/mol. The van der Waals surface area contributed by atoms with Crippen molar-refractivity contribution in [1.82, 2.24) is 9.97 Å². The molecule has 4 rings (SSSR count). The molecule has 2 aromatic heterocycles. The first-order valence-corrected chi connectivity index (χ1v) is 9.05. The van der Waals surface area contributed by atoms with Gasteiger partial charge in [-0.05, 0) is 30.3 Å². The molecule has 0 atom stereocenters. The molecule has 0 bridgehead atoms. The molecule has 1 amide bonds. The summed E-state index contributed by atoms with van der Waals surface area (Å²) in [6, 6.07) is 7.34. The van der Waals surface area contributed by atoms with Crippen LogP contribution in [0.4, 0.5) is 18.3 Å². The fraction of sp³-hybridized carbons (Fsp3) is 0.105. The monoisotopic (exact) mass is 403 g/mol. The van der Waals surface area contributed by atoms with E-state index < -0.39 is 11.6 Å². The van der Waals surface area contributed by atoms with Crippen LogP contribution in [0.15, 0.2) is 47.0 Å². The highest BCUT2D eigenvalue weighted by Crippen LogP contribution is 2.27. The Kier molecular flexibility index (Phi) is 4.82. The van der Waals surface area contributed by atoms with Crippen LogP contribution in [0.1, 0.15) is 12.3 Å². The number of fused-ring (bicyclic) bond motifs is 1. The number of benzene rings is 2. The quantitative estimate of drug-likeness (QED) is 0.513. The lowest BCUT2D eigenvalue weighted by Gasteiger charge is -2.00. The molecule has 0 spiro atoms. The predicted molar refractivity (Wildman–Crippen MR) is 98.4 cm³/mol. The summed E-state index contributed by atoms with van der Waals surface area (Å²) in [6.07, 6.45) is 1.58. The number of aryl methyl sites for hydroxylation is 1. The summed E-state index contributed by atoms with van der Waals surface area (Å²) < 4.78 is 46.1. The third-order valence-electron chi connectivity index (χ3n) is 3.91. The van der Waals surface area contributed by atoms with E-state index in [1.54, 1.807) is 6.07 Å². The normalized spacial score (nSPS) is 11.1. The Balaban J connectivity index is 1.38. The second-order valence-electron chi connectivity index (χ2n) is 5.92. The fourth-order valence-electron chi connectivity index (χ4n) is 2.59. The van der Waals surface area contributed by atoms with E-state index in [-0.39, 0.29) is 41.8 Å². The van der Waals surface area contributed by atoms with Crippen molar-refractivity contribution < 1.29 is 22.4 Å².